The Labute approximate surface area is 117 Å². The van der Waals surface area contributed by atoms with E-state index in [0.717, 1.165) is 11.4 Å². The second-order valence-corrected chi connectivity index (χ2v) is 6.60. The first-order chi connectivity index (χ1) is 8.55. The number of hydrogen-bond acceptors (Lipinski definition) is 0. The van der Waals surface area contributed by atoms with E-state index in [4.69, 9.17) is 7.85 Å². The standard InChI is InChI=1S/C15H13BBrN/c1-15(17)8-6-12-11-4-2-10(16)3-5-13(11)18-14(12)7-9-15/h2-10,18H,1H3. The summed E-state index contributed by atoms with van der Waals surface area (Å²) in [5.41, 5.74) is 4.69. The van der Waals surface area contributed by atoms with Crippen LogP contribution in [-0.4, -0.2) is 17.2 Å². The van der Waals surface area contributed by atoms with Gasteiger partial charge in [-0.2, -0.15) is 0 Å². The smallest absolute Gasteiger partial charge is 0.0811 e. The van der Waals surface area contributed by atoms with E-state index in [1.54, 1.807) is 0 Å². The molecule has 2 aliphatic rings. The van der Waals surface area contributed by atoms with Crippen LogP contribution >= 0.6 is 15.9 Å². The first-order valence-electron chi connectivity index (χ1n) is 6.00. The fraction of sp³-hybridized carbons (Fsp3) is 0.200. The van der Waals surface area contributed by atoms with Crippen LogP contribution in [-0.2, 0) is 0 Å². The van der Waals surface area contributed by atoms with Crippen molar-refractivity contribution in [1.82, 2.24) is 4.98 Å². The number of fused-ring (bicyclic) bond motifs is 3. The Bertz CT molecular complexity index is 602. The van der Waals surface area contributed by atoms with E-state index in [1.165, 1.54) is 11.1 Å². The summed E-state index contributed by atoms with van der Waals surface area (Å²) < 4.78 is -0.0829. The molecule has 1 aromatic rings. The molecule has 1 heterocycles. The number of halogens is 1. The van der Waals surface area contributed by atoms with Gasteiger partial charge >= 0.3 is 0 Å². The van der Waals surface area contributed by atoms with E-state index in [-0.39, 0.29) is 10.1 Å². The van der Waals surface area contributed by atoms with Gasteiger partial charge in [-0.05, 0) is 24.9 Å². The summed E-state index contributed by atoms with van der Waals surface area (Å²) in [5, 5.41) is 0. The summed E-state index contributed by atoms with van der Waals surface area (Å²) in [6, 6.07) is 0. The van der Waals surface area contributed by atoms with Crippen LogP contribution in [0.1, 0.15) is 29.4 Å². The first kappa shape index (κ1) is 11.9. The van der Waals surface area contributed by atoms with Gasteiger partial charge in [0.2, 0.25) is 0 Å². The molecule has 0 saturated carbocycles. The maximum atomic E-state index is 5.90. The van der Waals surface area contributed by atoms with E-state index in [9.17, 15) is 0 Å². The molecule has 3 heteroatoms. The highest BCUT2D eigenvalue weighted by molar-refractivity contribution is 9.10. The van der Waals surface area contributed by atoms with E-state index in [2.05, 4.69) is 64.3 Å². The van der Waals surface area contributed by atoms with Crippen LogP contribution in [0, 0.1) is 0 Å². The van der Waals surface area contributed by atoms with Crippen molar-refractivity contribution in [2.24, 2.45) is 0 Å². The lowest BCUT2D eigenvalue weighted by Crippen LogP contribution is -2.04. The number of aromatic amines is 1. The highest BCUT2D eigenvalue weighted by atomic mass is 79.9. The molecular weight excluding hydrogens is 285 g/mol. The molecule has 3 rings (SSSR count). The van der Waals surface area contributed by atoms with Crippen LogP contribution in [0.15, 0.2) is 24.3 Å². The summed E-state index contributed by atoms with van der Waals surface area (Å²) in [5.74, 6) is -0.00630. The number of rotatable bonds is 0. The Morgan fingerprint density at radius 1 is 1.06 bits per heavy atom. The fourth-order valence-electron chi connectivity index (χ4n) is 2.22. The molecule has 0 bridgehead atoms. The first-order valence-corrected chi connectivity index (χ1v) is 6.80. The Morgan fingerprint density at radius 2 is 1.67 bits per heavy atom. The number of nitrogens with one attached hydrogen (secondary N) is 1. The monoisotopic (exact) mass is 297 g/mol. The van der Waals surface area contributed by atoms with Gasteiger partial charge in [-0.3, -0.25) is 0 Å². The van der Waals surface area contributed by atoms with Crippen LogP contribution in [0.5, 0.6) is 0 Å². The highest BCUT2D eigenvalue weighted by Gasteiger charge is 2.19. The molecule has 2 aliphatic carbocycles. The quantitative estimate of drug-likeness (QED) is 0.545. The Balaban J connectivity index is 2.16. The van der Waals surface area contributed by atoms with Crippen LogP contribution in [0.3, 0.4) is 0 Å². The summed E-state index contributed by atoms with van der Waals surface area (Å²) in [7, 11) is 5.90. The second kappa shape index (κ2) is 4.16. The lowest BCUT2D eigenvalue weighted by atomic mass is 9.87. The van der Waals surface area contributed by atoms with Crippen LogP contribution in [0.4, 0.5) is 0 Å². The lowest BCUT2D eigenvalue weighted by molar-refractivity contribution is 1.05. The van der Waals surface area contributed by atoms with Crippen molar-refractivity contribution in [3.8, 4) is 0 Å². The number of alkyl halides is 1. The van der Waals surface area contributed by atoms with Crippen molar-refractivity contribution in [3.05, 3.63) is 46.8 Å². The minimum Gasteiger partial charge on any atom is -0.355 e. The average Bonchev–Trinajstić information content (AvgIpc) is 2.45. The van der Waals surface area contributed by atoms with Crippen LogP contribution in [0.2, 0.25) is 5.82 Å². The predicted octanol–water partition coefficient (Wildman–Crippen LogP) is 4.21. The molecule has 0 fully saturated rings. The summed E-state index contributed by atoms with van der Waals surface area (Å²) in [6.45, 7) is 2.12. The predicted molar refractivity (Wildman–Crippen MR) is 83.8 cm³/mol. The van der Waals surface area contributed by atoms with Crippen molar-refractivity contribution < 1.29 is 0 Å². The molecule has 0 aromatic carbocycles. The zero-order chi connectivity index (χ0) is 12.8. The number of H-pyrrole nitrogens is 1. The third-order valence-corrected chi connectivity index (χ3v) is 3.79. The summed E-state index contributed by atoms with van der Waals surface area (Å²) in [6.07, 6.45) is 16.8. The van der Waals surface area contributed by atoms with Gasteiger partial charge in [0.15, 0.2) is 0 Å². The zero-order valence-corrected chi connectivity index (χ0v) is 11.7. The molecular formula is C15H13BBrN. The fourth-order valence-corrected chi connectivity index (χ4v) is 2.48. The zero-order valence-electron chi connectivity index (χ0n) is 10.2. The van der Waals surface area contributed by atoms with Gasteiger partial charge in [-0.25, -0.2) is 0 Å². The van der Waals surface area contributed by atoms with Gasteiger partial charge in [-0.1, -0.05) is 52.4 Å². The lowest BCUT2D eigenvalue weighted by Gasteiger charge is -2.09. The van der Waals surface area contributed by atoms with Gasteiger partial charge in [0, 0.05) is 22.5 Å². The second-order valence-electron chi connectivity index (χ2n) is 4.89. The molecule has 0 saturated heterocycles. The number of aromatic nitrogens is 1. The van der Waals surface area contributed by atoms with Crippen LogP contribution < -0.4 is 0 Å². The van der Waals surface area contributed by atoms with Gasteiger partial charge in [-0.15, -0.1) is 0 Å². The molecule has 1 nitrogen and oxygen atoms in total. The molecule has 18 heavy (non-hydrogen) atoms. The van der Waals surface area contributed by atoms with Crippen molar-refractivity contribution in [3.63, 3.8) is 0 Å². The van der Waals surface area contributed by atoms with E-state index in [0.29, 0.717) is 0 Å². The summed E-state index contributed by atoms with van der Waals surface area (Å²) >= 11 is 3.67. The van der Waals surface area contributed by atoms with Gasteiger partial charge < -0.3 is 4.98 Å². The maximum Gasteiger partial charge on any atom is 0.0811 e. The minimum absolute atomic E-state index is 0.00630. The van der Waals surface area contributed by atoms with Crippen molar-refractivity contribution in [1.29, 1.82) is 0 Å². The van der Waals surface area contributed by atoms with Gasteiger partial charge in [0.1, 0.15) is 0 Å². The molecule has 0 spiro atoms. The molecule has 2 atom stereocenters. The minimum atomic E-state index is -0.0829. The topological polar surface area (TPSA) is 15.8 Å². The van der Waals surface area contributed by atoms with E-state index < -0.39 is 0 Å². The molecule has 1 aromatic heterocycles. The molecule has 88 valence electrons. The van der Waals surface area contributed by atoms with Crippen molar-refractivity contribution in [2.75, 3.05) is 0 Å². The number of allylic oxidation sites excluding steroid dienone is 4. The molecule has 2 radical (unpaired) electrons. The van der Waals surface area contributed by atoms with Gasteiger partial charge in [0.25, 0.3) is 0 Å². The third-order valence-electron chi connectivity index (χ3n) is 3.26. The Morgan fingerprint density at radius 3 is 2.50 bits per heavy atom. The van der Waals surface area contributed by atoms with Crippen molar-refractivity contribution >= 4 is 48.1 Å². The Hall–Kier alpha value is -1.22. The highest BCUT2D eigenvalue weighted by Crippen LogP contribution is 2.33. The average molecular weight is 298 g/mol. The van der Waals surface area contributed by atoms with Crippen LogP contribution in [0.25, 0.3) is 24.3 Å². The molecule has 0 aliphatic heterocycles. The summed E-state index contributed by atoms with van der Waals surface area (Å²) in [4.78, 5) is 3.44. The molecule has 1 N–H and O–H groups in total. The largest absolute Gasteiger partial charge is 0.355 e. The maximum absolute atomic E-state index is 5.90. The SMILES string of the molecule is [B]C1C=Cc2[nH]c3c(c2C=C1)C=CC(C)(Br)C=C3. The van der Waals surface area contributed by atoms with Gasteiger partial charge in [0.05, 0.1) is 12.2 Å². The molecule has 0 amide bonds. The third kappa shape index (κ3) is 2.08. The normalized spacial score (nSPS) is 28.7. The number of hydrogen-bond donors (Lipinski definition) is 1. The molecule has 2 unspecified atom stereocenters. The van der Waals surface area contributed by atoms with Crippen molar-refractivity contribution in [2.45, 2.75) is 17.1 Å². The van der Waals surface area contributed by atoms with E-state index in [1.807, 2.05) is 12.2 Å². The van der Waals surface area contributed by atoms with E-state index >= 15 is 0 Å². The Kier molecular flexibility index (Phi) is 2.74.